The smallest absolute Gasteiger partial charge is 0.250 e. The van der Waals surface area contributed by atoms with Gasteiger partial charge in [0.15, 0.2) is 0 Å². The van der Waals surface area contributed by atoms with Crippen molar-refractivity contribution >= 4 is 23.6 Å². The van der Waals surface area contributed by atoms with Gasteiger partial charge >= 0.3 is 0 Å². The molecule has 0 aromatic heterocycles. The van der Waals surface area contributed by atoms with Gasteiger partial charge < -0.3 is 46.6 Å². The zero-order valence-electron chi connectivity index (χ0n) is 70.2. The summed E-state index contributed by atoms with van der Waals surface area (Å²) in [4.78, 5) is 59.0. The van der Waals surface area contributed by atoms with E-state index in [4.69, 9.17) is 0 Å². The molecular weight excluding hydrogens is 1320 g/mol. The molecule has 4 atom stereocenters. The number of carbonyl (C=O) groups excluding carboxylic acids is 4. The first-order valence-electron chi connectivity index (χ1n) is 45.5. The lowest BCUT2D eigenvalue weighted by molar-refractivity contribution is -0.133. The van der Waals surface area contributed by atoms with Crippen LogP contribution < -0.4 is 21.3 Å². The Balaban J connectivity index is 5.50. The van der Waals surface area contributed by atoms with Crippen molar-refractivity contribution in [1.82, 2.24) is 36.0 Å². The number of rotatable bonds is 84. The highest BCUT2D eigenvalue weighted by Crippen LogP contribution is 2.16. The SMILES string of the molecule is CCCCCCCC/C=C\CCCCCCCCNC(=O)C(O)CN(CCCN(C)CCCN(CC(O)C(=O)NCCCCCCCC/C=C\CCCCCCCC)CC(O)C(=O)NCCCCCCCC/C=C\CCCCCCCC)CC(O)C(=O)NCCCCCCCC/C=C\CCCCCCCC. The van der Waals surface area contributed by atoms with E-state index in [1.807, 2.05) is 16.8 Å². The van der Waals surface area contributed by atoms with Crippen molar-refractivity contribution in [1.29, 1.82) is 0 Å². The van der Waals surface area contributed by atoms with Gasteiger partial charge in [-0.15, -0.1) is 0 Å². The van der Waals surface area contributed by atoms with Crippen molar-refractivity contribution in [3.05, 3.63) is 48.6 Å². The first kappa shape index (κ1) is 103. The predicted octanol–water partition coefficient (Wildman–Crippen LogP) is 20.4. The van der Waals surface area contributed by atoms with E-state index in [1.54, 1.807) is 0 Å². The molecule has 0 aliphatic carbocycles. The molecule has 0 aromatic rings. The maximum Gasteiger partial charge on any atom is 0.250 e. The average molecular weight is 1500 g/mol. The molecular formula is C91H175N7O8. The standard InChI is InChI=1S/C91H175N7O8/c1-6-10-14-18-22-26-30-34-38-42-46-50-54-58-62-66-72-92-88(103)84(99)80-97(81-85(100)89(104)93-73-67-63-59-55-51-47-43-39-35-31-27-23-19-15-11-7-2)78-70-76-96(5)77-71-79-98(82-86(101)90(105)94-74-68-64-60-56-52-48-44-40-36-32-28-24-20-16-12-8-3)83-87(102)91(106)95-75-69-65-61-57-53-49-45-41-37-33-29-25-21-17-13-9-4/h34-41,84-87,99-102H,6-33,42-83H2,1-5H3,(H,92,103)(H,93,104)(H,94,105)(H,95,106)/b38-34-,39-35-,40-36-,41-37-. The topological polar surface area (TPSA) is 207 Å². The molecule has 0 radical (unpaired) electrons. The fraction of sp³-hybridized carbons (Fsp3) is 0.868. The molecule has 0 aromatic carbocycles. The lowest BCUT2D eigenvalue weighted by atomic mass is 10.1. The summed E-state index contributed by atoms with van der Waals surface area (Å²) in [6.07, 6.45) is 82.1. The van der Waals surface area contributed by atoms with E-state index >= 15 is 0 Å². The largest absolute Gasteiger partial charge is 0.382 e. The van der Waals surface area contributed by atoms with Crippen molar-refractivity contribution in [2.45, 2.75) is 425 Å². The number of amides is 4. The second-order valence-electron chi connectivity index (χ2n) is 31.5. The van der Waals surface area contributed by atoms with E-state index in [0.29, 0.717) is 65.2 Å². The minimum atomic E-state index is -1.34. The number of nitrogens with zero attached hydrogens (tertiary/aromatic N) is 3. The molecule has 0 saturated carbocycles. The Kier molecular flexibility index (Phi) is 79.8. The molecule has 106 heavy (non-hydrogen) atoms. The Labute approximate surface area is 654 Å². The summed E-state index contributed by atoms with van der Waals surface area (Å²) >= 11 is 0. The molecule has 0 saturated heterocycles. The van der Waals surface area contributed by atoms with Crippen LogP contribution in [-0.4, -0.2) is 169 Å². The van der Waals surface area contributed by atoms with Gasteiger partial charge in [0.2, 0.25) is 23.6 Å². The van der Waals surface area contributed by atoms with Crippen LogP contribution in [0.25, 0.3) is 0 Å². The zero-order valence-corrected chi connectivity index (χ0v) is 70.2. The van der Waals surface area contributed by atoms with Gasteiger partial charge in [-0.25, -0.2) is 0 Å². The molecule has 4 amide bonds. The summed E-state index contributed by atoms with van der Waals surface area (Å²) in [5, 5.41) is 56.7. The Hall–Kier alpha value is -3.44. The molecule has 15 heteroatoms. The maximum atomic E-state index is 13.3. The van der Waals surface area contributed by atoms with Crippen LogP contribution in [0.1, 0.15) is 400 Å². The highest BCUT2D eigenvalue weighted by atomic mass is 16.3. The van der Waals surface area contributed by atoms with Crippen LogP contribution >= 0.6 is 0 Å². The number of aliphatic hydroxyl groups is 4. The van der Waals surface area contributed by atoms with Crippen LogP contribution in [0.2, 0.25) is 0 Å². The predicted molar refractivity (Wildman–Crippen MR) is 453 cm³/mol. The number of aliphatic hydroxyl groups excluding tert-OH is 4. The summed E-state index contributed by atoms with van der Waals surface area (Å²) in [6, 6.07) is 0. The lowest BCUT2D eigenvalue weighted by Crippen LogP contribution is -2.49. The van der Waals surface area contributed by atoms with Crippen molar-refractivity contribution in [3.8, 4) is 0 Å². The van der Waals surface area contributed by atoms with E-state index in [0.717, 1.165) is 103 Å². The fourth-order valence-corrected chi connectivity index (χ4v) is 13.9. The van der Waals surface area contributed by atoms with E-state index in [2.05, 4.69) is 102 Å². The molecule has 15 nitrogen and oxygen atoms in total. The first-order chi connectivity index (χ1) is 51.9. The van der Waals surface area contributed by atoms with Crippen LogP contribution in [0.15, 0.2) is 48.6 Å². The van der Waals surface area contributed by atoms with Crippen LogP contribution in [0.4, 0.5) is 0 Å². The van der Waals surface area contributed by atoms with Crippen molar-refractivity contribution in [2.75, 3.05) is 85.6 Å². The molecule has 0 aliphatic heterocycles. The monoisotopic (exact) mass is 1490 g/mol. The first-order valence-corrected chi connectivity index (χ1v) is 45.5. The number of unbranched alkanes of at least 4 members (excludes halogenated alkanes) is 48. The molecule has 4 unspecified atom stereocenters. The molecule has 622 valence electrons. The Morgan fingerprint density at radius 1 is 0.236 bits per heavy atom. The lowest BCUT2D eigenvalue weighted by Gasteiger charge is -2.28. The molecule has 0 aliphatic rings. The molecule has 8 N–H and O–H groups in total. The van der Waals surface area contributed by atoms with Crippen molar-refractivity contribution < 1.29 is 39.6 Å². The minimum absolute atomic E-state index is 0.0294. The second-order valence-corrected chi connectivity index (χ2v) is 31.5. The van der Waals surface area contributed by atoms with Crippen LogP contribution in [0.3, 0.4) is 0 Å². The molecule has 0 rings (SSSR count). The number of carbonyl (C=O) groups is 4. The van der Waals surface area contributed by atoms with Gasteiger partial charge in [0, 0.05) is 52.4 Å². The molecule has 0 spiro atoms. The van der Waals surface area contributed by atoms with E-state index in [9.17, 15) is 39.6 Å². The third-order valence-electron chi connectivity index (χ3n) is 20.9. The van der Waals surface area contributed by atoms with E-state index in [1.165, 1.54) is 257 Å². The highest BCUT2D eigenvalue weighted by molar-refractivity contribution is 5.82. The molecule has 0 heterocycles. The van der Waals surface area contributed by atoms with Gasteiger partial charge in [0.05, 0.1) is 0 Å². The second kappa shape index (κ2) is 82.5. The van der Waals surface area contributed by atoms with E-state index in [-0.39, 0.29) is 26.2 Å². The summed E-state index contributed by atoms with van der Waals surface area (Å²) in [5.74, 6) is -1.81. The van der Waals surface area contributed by atoms with Gasteiger partial charge in [-0.3, -0.25) is 29.0 Å². The number of hydrogen-bond acceptors (Lipinski definition) is 11. The van der Waals surface area contributed by atoms with Gasteiger partial charge in [-0.2, -0.15) is 0 Å². The minimum Gasteiger partial charge on any atom is -0.382 e. The quantitative estimate of drug-likeness (QED) is 0.0212. The fourth-order valence-electron chi connectivity index (χ4n) is 13.9. The van der Waals surface area contributed by atoms with Crippen LogP contribution in [-0.2, 0) is 19.2 Å². The number of nitrogens with one attached hydrogen (secondary N) is 4. The van der Waals surface area contributed by atoms with Crippen molar-refractivity contribution in [3.63, 3.8) is 0 Å². The summed E-state index contributed by atoms with van der Waals surface area (Å²) < 4.78 is 0. The third kappa shape index (κ3) is 73.4. The van der Waals surface area contributed by atoms with Gasteiger partial charge in [0.1, 0.15) is 24.4 Å². The van der Waals surface area contributed by atoms with Crippen LogP contribution in [0.5, 0.6) is 0 Å². The third-order valence-corrected chi connectivity index (χ3v) is 20.9. The maximum absolute atomic E-state index is 13.3. The average Bonchev–Trinajstić information content (AvgIpc) is 0.918. The Morgan fingerprint density at radius 2 is 0.396 bits per heavy atom. The summed E-state index contributed by atoms with van der Waals surface area (Å²) in [7, 11) is 2.00. The van der Waals surface area contributed by atoms with Gasteiger partial charge in [-0.1, -0.05) is 307 Å². The zero-order chi connectivity index (χ0) is 77.3. The van der Waals surface area contributed by atoms with Gasteiger partial charge in [-0.05, 0) is 174 Å². The summed E-state index contributed by atoms with van der Waals surface area (Å²) in [6.45, 7) is 13.0. The van der Waals surface area contributed by atoms with E-state index < -0.39 is 48.0 Å². The molecule has 0 fully saturated rings. The highest BCUT2D eigenvalue weighted by Gasteiger charge is 2.26. The Morgan fingerprint density at radius 3 is 0.575 bits per heavy atom. The van der Waals surface area contributed by atoms with Gasteiger partial charge in [0.25, 0.3) is 0 Å². The number of hydrogen-bond donors (Lipinski definition) is 8. The van der Waals surface area contributed by atoms with Crippen LogP contribution in [0, 0.1) is 0 Å². The normalized spacial score (nSPS) is 13.2. The van der Waals surface area contributed by atoms with Crippen molar-refractivity contribution in [2.24, 2.45) is 0 Å². The Bertz CT molecular complexity index is 1760. The summed E-state index contributed by atoms with van der Waals surface area (Å²) in [5.41, 5.74) is 0. The molecule has 0 bridgehead atoms. The number of allylic oxidation sites excluding steroid dienone is 8.